The summed E-state index contributed by atoms with van der Waals surface area (Å²) in [5, 5.41) is -1.41. The molecule has 1 aromatic heterocycles. The fraction of sp³-hybridized carbons (Fsp3) is 0.211. The third-order valence-corrected chi connectivity index (χ3v) is 7.68. The van der Waals surface area contributed by atoms with Gasteiger partial charge in [-0.15, -0.1) is 3.89 Å². The van der Waals surface area contributed by atoms with Gasteiger partial charge < -0.3 is 0 Å². The number of rotatable bonds is 6. The van der Waals surface area contributed by atoms with Crippen LogP contribution in [0.1, 0.15) is 23.4 Å². The lowest BCUT2D eigenvalue weighted by Gasteiger charge is -2.22. The van der Waals surface area contributed by atoms with Gasteiger partial charge in [0.2, 0.25) is 0 Å². The molecule has 0 bridgehead atoms. The van der Waals surface area contributed by atoms with E-state index in [1.807, 2.05) is 0 Å². The van der Waals surface area contributed by atoms with Gasteiger partial charge in [0, 0.05) is 12.6 Å². The molecule has 0 fully saturated rings. The fourth-order valence-electron chi connectivity index (χ4n) is 3.07. The lowest BCUT2D eigenvalue weighted by Crippen LogP contribution is -2.32. The Balaban J connectivity index is 2.16. The predicted octanol–water partition coefficient (Wildman–Crippen LogP) is 4.05. The van der Waals surface area contributed by atoms with Gasteiger partial charge in [-0.3, -0.25) is 9.48 Å². The van der Waals surface area contributed by atoms with Crippen LogP contribution in [0.15, 0.2) is 59.4 Å². The first kappa shape index (κ1) is 21.1. The summed E-state index contributed by atoms with van der Waals surface area (Å²) in [5.74, 6) is -0.723. The minimum Gasteiger partial charge on any atom is -0.283 e. The summed E-state index contributed by atoms with van der Waals surface area (Å²) in [6.07, 6.45) is 0. The van der Waals surface area contributed by atoms with Crippen molar-refractivity contribution in [1.29, 1.82) is 0 Å². The molecule has 0 aliphatic heterocycles. The van der Waals surface area contributed by atoms with Crippen molar-refractivity contribution in [3.8, 4) is 5.69 Å². The molecule has 3 aromatic rings. The van der Waals surface area contributed by atoms with Crippen LogP contribution in [0, 0.1) is 12.7 Å². The summed E-state index contributed by atoms with van der Waals surface area (Å²) in [4.78, 5) is 13.1. The second-order valence-electron chi connectivity index (χ2n) is 6.41. The number of hydrogen-bond donors (Lipinski definition) is 0. The zero-order valence-electron chi connectivity index (χ0n) is 15.9. The summed E-state index contributed by atoms with van der Waals surface area (Å²) in [5.41, 5.74) is -0.410. The number of sulfonamides is 1. The summed E-state index contributed by atoms with van der Waals surface area (Å²) in [6, 6.07) is 13.9. The van der Waals surface area contributed by atoms with Crippen molar-refractivity contribution in [2.45, 2.75) is 19.1 Å². The normalized spacial score (nSPS) is 12.7. The lowest BCUT2D eigenvalue weighted by atomic mass is 10.1. The Morgan fingerprint density at radius 1 is 1.07 bits per heavy atom. The number of aromatic nitrogens is 2. The highest BCUT2D eigenvalue weighted by Gasteiger charge is 2.37. The Morgan fingerprint density at radius 2 is 1.66 bits per heavy atom. The van der Waals surface area contributed by atoms with Crippen LogP contribution in [-0.4, -0.2) is 17.8 Å². The largest absolute Gasteiger partial charge is 0.297 e. The van der Waals surface area contributed by atoms with E-state index in [2.05, 4.69) is 0 Å². The molecule has 0 aliphatic rings. The smallest absolute Gasteiger partial charge is 0.283 e. The second-order valence-corrected chi connectivity index (χ2v) is 9.25. The van der Waals surface area contributed by atoms with Crippen molar-refractivity contribution in [1.82, 2.24) is 9.36 Å². The third kappa shape index (κ3) is 3.58. The van der Waals surface area contributed by atoms with Crippen LogP contribution in [0.4, 0.5) is 14.0 Å². The highest BCUT2D eigenvalue weighted by Crippen LogP contribution is 2.36. The predicted molar refractivity (Wildman–Crippen MR) is 111 cm³/mol. The molecule has 0 spiro atoms. The van der Waals surface area contributed by atoms with E-state index in [0.717, 1.165) is 6.07 Å². The highest BCUT2D eigenvalue weighted by molar-refractivity contribution is 8.12. The van der Waals surface area contributed by atoms with Gasteiger partial charge in [0.15, 0.2) is 18.0 Å². The fourth-order valence-corrected chi connectivity index (χ4v) is 5.32. The Hall–Kier alpha value is -2.59. The summed E-state index contributed by atoms with van der Waals surface area (Å²) in [7, 11) is -2.89. The van der Waals surface area contributed by atoms with Gasteiger partial charge in [0.1, 0.15) is 11.1 Å². The molecular weight excluding hydrogens is 420 g/mol. The van der Waals surface area contributed by atoms with E-state index in [4.69, 9.17) is 0 Å². The van der Waals surface area contributed by atoms with Gasteiger partial charge in [0.25, 0.3) is 15.6 Å². The van der Waals surface area contributed by atoms with E-state index in [1.165, 1.54) is 41.4 Å². The molecule has 0 saturated carbocycles. The average molecular weight is 440 g/mol. The average Bonchev–Trinajstić information content (AvgIpc) is 2.92. The molecule has 29 heavy (non-hydrogen) atoms. The summed E-state index contributed by atoms with van der Waals surface area (Å²) >= 11 is -0.599. The number of nitrogens with zero attached hydrogens (tertiary/aromatic N) is 3. The number of anilines is 1. The van der Waals surface area contributed by atoms with Gasteiger partial charge >= 0.3 is 0 Å². The van der Waals surface area contributed by atoms with E-state index in [0.29, 0.717) is 9.40 Å². The van der Waals surface area contributed by atoms with Crippen molar-refractivity contribution in [3.05, 3.63) is 82.0 Å². The van der Waals surface area contributed by atoms with Crippen LogP contribution >= 0.6 is 12.3 Å². The van der Waals surface area contributed by atoms with Crippen LogP contribution in [-0.2, 0) is 17.1 Å². The Bertz CT molecular complexity index is 1190. The molecular formula is C19H19F2N3O3S2. The van der Waals surface area contributed by atoms with E-state index >= 15 is 0 Å². The van der Waals surface area contributed by atoms with Crippen LogP contribution in [0.3, 0.4) is 0 Å². The maximum Gasteiger partial charge on any atom is 0.297 e. The summed E-state index contributed by atoms with van der Waals surface area (Å²) < 4.78 is 57.3. The Morgan fingerprint density at radius 3 is 2.24 bits per heavy atom. The second kappa shape index (κ2) is 8.03. The molecule has 154 valence electrons. The monoisotopic (exact) mass is 439 g/mol. The van der Waals surface area contributed by atoms with Crippen molar-refractivity contribution in [2.75, 3.05) is 3.71 Å². The highest BCUT2D eigenvalue weighted by atomic mass is 32.3. The SMILES string of the molecule is Cc1c(N(SF)S(=O)(=O)C(C)c2ccccc2F)c(=O)n(-c2ccccc2)n1C. The Kier molecular flexibility index (Phi) is 5.85. The van der Waals surface area contributed by atoms with Gasteiger partial charge in [-0.05, 0) is 32.0 Å². The van der Waals surface area contributed by atoms with E-state index < -0.39 is 39.0 Å². The molecule has 0 saturated heterocycles. The van der Waals surface area contributed by atoms with Crippen LogP contribution < -0.4 is 9.27 Å². The zero-order valence-corrected chi connectivity index (χ0v) is 17.5. The van der Waals surface area contributed by atoms with Crippen molar-refractivity contribution in [3.63, 3.8) is 0 Å². The van der Waals surface area contributed by atoms with Gasteiger partial charge in [-0.1, -0.05) is 36.4 Å². The van der Waals surface area contributed by atoms with Crippen LogP contribution in [0.2, 0.25) is 0 Å². The number of para-hydroxylation sites is 1. The molecule has 0 radical (unpaired) electrons. The first-order valence-corrected chi connectivity index (χ1v) is 10.8. The quantitative estimate of drug-likeness (QED) is 0.544. The molecule has 1 heterocycles. The number of hydrogen-bond acceptors (Lipinski definition) is 4. The molecule has 1 unspecified atom stereocenters. The third-order valence-electron chi connectivity index (χ3n) is 4.79. The molecule has 0 N–H and O–H groups in total. The first-order valence-electron chi connectivity index (χ1n) is 8.63. The maximum absolute atomic E-state index is 14.1. The van der Waals surface area contributed by atoms with Gasteiger partial charge in [-0.2, -0.15) is 3.71 Å². The molecule has 1 atom stereocenters. The van der Waals surface area contributed by atoms with Gasteiger partial charge in [-0.25, -0.2) is 17.5 Å². The molecule has 0 amide bonds. The standard InChI is InChI=1S/C19H19F2N3O3S2/c1-13-18(19(25)23(22(13)3)15-9-5-4-6-10-15)24(28-21)29(26,27)14(2)16-11-7-8-12-17(16)20/h4-12,14H,1-3H3. The van der Waals surface area contributed by atoms with E-state index in [9.17, 15) is 21.5 Å². The number of benzene rings is 2. The topological polar surface area (TPSA) is 64.3 Å². The molecule has 6 nitrogen and oxygen atoms in total. The molecule has 2 aromatic carbocycles. The number of halogens is 2. The molecule has 0 aliphatic carbocycles. The molecule has 10 heteroatoms. The van der Waals surface area contributed by atoms with Crippen LogP contribution in [0.25, 0.3) is 5.69 Å². The first-order chi connectivity index (χ1) is 13.7. The van der Waals surface area contributed by atoms with Crippen LogP contribution in [0.5, 0.6) is 0 Å². The minimum atomic E-state index is -4.46. The van der Waals surface area contributed by atoms with Crippen molar-refractivity contribution < 1.29 is 16.7 Å². The van der Waals surface area contributed by atoms with Crippen molar-refractivity contribution >= 4 is 28.0 Å². The molecule has 3 rings (SSSR count). The van der Waals surface area contributed by atoms with E-state index in [-0.39, 0.29) is 16.9 Å². The maximum atomic E-state index is 14.1. The van der Waals surface area contributed by atoms with Gasteiger partial charge in [0.05, 0.1) is 11.4 Å². The Labute approximate surface area is 171 Å². The summed E-state index contributed by atoms with van der Waals surface area (Å²) in [6.45, 7) is 2.77. The van der Waals surface area contributed by atoms with E-state index in [1.54, 1.807) is 37.4 Å². The van der Waals surface area contributed by atoms with Crippen molar-refractivity contribution in [2.24, 2.45) is 7.05 Å². The lowest BCUT2D eigenvalue weighted by molar-refractivity contribution is 0.575. The minimum absolute atomic E-state index is 0.108. The zero-order chi connectivity index (χ0) is 21.3.